The maximum Gasteiger partial charge on any atom is 0.106 e. The van der Waals surface area contributed by atoms with Gasteiger partial charge in [-0.25, -0.2) is 0 Å². The monoisotopic (exact) mass is 147 g/mol. The Labute approximate surface area is 60.1 Å². The lowest BCUT2D eigenvalue weighted by atomic mass is 10.4. The molecule has 0 rings (SSSR count). The Kier molecular flexibility index (Phi) is 5.32. The van der Waals surface area contributed by atoms with Crippen LogP contribution in [0.15, 0.2) is 16.3 Å². The molecular formula is C6H10ClNO. The summed E-state index contributed by atoms with van der Waals surface area (Å²) in [5, 5.41) is 4.25. The zero-order valence-electron chi connectivity index (χ0n) is 5.60. The van der Waals surface area contributed by atoms with Gasteiger partial charge in [-0.2, -0.15) is 0 Å². The lowest BCUT2D eigenvalue weighted by Crippen LogP contribution is -1.71. The fourth-order valence-corrected chi connectivity index (χ4v) is 0.346. The molecule has 0 radical (unpaired) electrons. The molecule has 0 atom stereocenters. The van der Waals surface area contributed by atoms with Gasteiger partial charge in [0, 0.05) is 5.03 Å². The molecule has 0 aromatic carbocycles. The Morgan fingerprint density at radius 3 is 2.89 bits per heavy atom. The van der Waals surface area contributed by atoms with Gasteiger partial charge in [-0.1, -0.05) is 23.7 Å². The van der Waals surface area contributed by atoms with Crippen LogP contribution in [0.25, 0.3) is 0 Å². The Morgan fingerprint density at radius 2 is 2.44 bits per heavy atom. The fourth-order valence-electron chi connectivity index (χ4n) is 0.290. The number of allylic oxidation sites excluding steroid dienone is 2. The summed E-state index contributed by atoms with van der Waals surface area (Å²) < 4.78 is 0. The first-order valence-corrected chi connectivity index (χ1v) is 3.10. The quantitative estimate of drug-likeness (QED) is 0.443. The lowest BCUT2D eigenvalue weighted by molar-refractivity contribution is 0.215. The fraction of sp³-hybridized carbons (Fsp3) is 0.500. The van der Waals surface area contributed by atoms with Crippen LogP contribution in [-0.2, 0) is 4.84 Å². The van der Waals surface area contributed by atoms with E-state index in [1.807, 2.05) is 6.92 Å². The zero-order chi connectivity index (χ0) is 7.11. The second kappa shape index (κ2) is 5.63. The van der Waals surface area contributed by atoms with Gasteiger partial charge in [0.2, 0.25) is 0 Å². The standard InChI is InChI=1S/C6H10ClNO/c1-3-6(7)4-5-8-9-2/h4-5H,3H2,1-2H3/b6-4+,8-5-. The van der Waals surface area contributed by atoms with Crippen molar-refractivity contribution in [2.24, 2.45) is 5.16 Å². The molecule has 0 aromatic heterocycles. The van der Waals surface area contributed by atoms with Crippen LogP contribution >= 0.6 is 11.6 Å². The first-order valence-electron chi connectivity index (χ1n) is 2.72. The third-order valence-electron chi connectivity index (χ3n) is 0.759. The van der Waals surface area contributed by atoms with Crippen LogP contribution in [0.4, 0.5) is 0 Å². The van der Waals surface area contributed by atoms with E-state index in [1.165, 1.54) is 13.3 Å². The molecule has 0 aliphatic carbocycles. The van der Waals surface area contributed by atoms with Gasteiger partial charge in [0.15, 0.2) is 0 Å². The van der Waals surface area contributed by atoms with Gasteiger partial charge in [-0.15, -0.1) is 0 Å². The highest BCUT2D eigenvalue weighted by Gasteiger charge is 1.80. The summed E-state index contributed by atoms with van der Waals surface area (Å²) in [6, 6.07) is 0. The van der Waals surface area contributed by atoms with Gasteiger partial charge < -0.3 is 4.84 Å². The van der Waals surface area contributed by atoms with Gasteiger partial charge >= 0.3 is 0 Å². The van der Waals surface area contributed by atoms with Crippen molar-refractivity contribution in [1.29, 1.82) is 0 Å². The molecule has 0 unspecified atom stereocenters. The average molecular weight is 148 g/mol. The molecule has 0 aliphatic heterocycles. The summed E-state index contributed by atoms with van der Waals surface area (Å²) in [6.45, 7) is 1.97. The number of halogens is 1. The zero-order valence-corrected chi connectivity index (χ0v) is 6.35. The molecule has 0 spiro atoms. The Balaban J connectivity index is 3.55. The van der Waals surface area contributed by atoms with E-state index in [4.69, 9.17) is 11.6 Å². The smallest absolute Gasteiger partial charge is 0.106 e. The molecule has 3 heteroatoms. The Morgan fingerprint density at radius 1 is 1.78 bits per heavy atom. The second-order valence-corrected chi connectivity index (χ2v) is 1.89. The van der Waals surface area contributed by atoms with E-state index >= 15 is 0 Å². The highest BCUT2D eigenvalue weighted by atomic mass is 35.5. The average Bonchev–Trinajstić information content (AvgIpc) is 1.89. The first-order chi connectivity index (χ1) is 4.31. The van der Waals surface area contributed by atoms with E-state index in [0.717, 1.165) is 11.5 Å². The molecule has 0 bridgehead atoms. The van der Waals surface area contributed by atoms with Crippen LogP contribution in [0, 0.1) is 0 Å². The molecule has 0 aliphatic rings. The van der Waals surface area contributed by atoms with E-state index < -0.39 is 0 Å². The maximum absolute atomic E-state index is 5.62. The van der Waals surface area contributed by atoms with Gasteiger partial charge in [0.25, 0.3) is 0 Å². The van der Waals surface area contributed by atoms with Gasteiger partial charge in [-0.05, 0) is 12.5 Å². The maximum atomic E-state index is 5.62. The number of nitrogens with zero attached hydrogens (tertiary/aromatic N) is 1. The molecule has 0 fully saturated rings. The summed E-state index contributed by atoms with van der Waals surface area (Å²) >= 11 is 5.62. The molecule has 0 amide bonds. The molecule has 0 saturated heterocycles. The highest BCUT2D eigenvalue weighted by molar-refractivity contribution is 6.30. The number of hydrogen-bond donors (Lipinski definition) is 0. The van der Waals surface area contributed by atoms with E-state index in [-0.39, 0.29) is 0 Å². The van der Waals surface area contributed by atoms with Crippen LogP contribution in [-0.4, -0.2) is 13.3 Å². The topological polar surface area (TPSA) is 21.6 Å². The van der Waals surface area contributed by atoms with Crippen LogP contribution in [0.2, 0.25) is 0 Å². The van der Waals surface area contributed by atoms with Crippen molar-refractivity contribution in [1.82, 2.24) is 0 Å². The Hall–Kier alpha value is -0.500. The molecule has 0 N–H and O–H groups in total. The summed E-state index contributed by atoms with van der Waals surface area (Å²) in [4.78, 5) is 4.40. The van der Waals surface area contributed by atoms with Crippen molar-refractivity contribution in [3.8, 4) is 0 Å². The van der Waals surface area contributed by atoms with E-state index in [1.54, 1.807) is 6.08 Å². The third kappa shape index (κ3) is 5.37. The van der Waals surface area contributed by atoms with Crippen molar-refractivity contribution < 1.29 is 4.84 Å². The Bertz CT molecular complexity index is 120. The van der Waals surface area contributed by atoms with Crippen molar-refractivity contribution >= 4 is 17.8 Å². The van der Waals surface area contributed by atoms with Crippen LogP contribution < -0.4 is 0 Å². The third-order valence-corrected chi connectivity index (χ3v) is 1.15. The van der Waals surface area contributed by atoms with Crippen molar-refractivity contribution in [3.05, 3.63) is 11.1 Å². The summed E-state index contributed by atoms with van der Waals surface area (Å²) in [5.74, 6) is 0. The minimum Gasteiger partial charge on any atom is -0.399 e. The first kappa shape index (κ1) is 8.50. The van der Waals surface area contributed by atoms with E-state index in [9.17, 15) is 0 Å². The normalized spacial score (nSPS) is 12.6. The van der Waals surface area contributed by atoms with E-state index in [2.05, 4.69) is 9.99 Å². The molecule has 9 heavy (non-hydrogen) atoms. The van der Waals surface area contributed by atoms with Gasteiger partial charge in [0.1, 0.15) is 7.11 Å². The van der Waals surface area contributed by atoms with Gasteiger partial charge in [-0.3, -0.25) is 0 Å². The summed E-state index contributed by atoms with van der Waals surface area (Å²) in [6.07, 6.45) is 4.05. The van der Waals surface area contributed by atoms with Gasteiger partial charge in [0.05, 0.1) is 6.21 Å². The summed E-state index contributed by atoms with van der Waals surface area (Å²) in [7, 11) is 1.49. The van der Waals surface area contributed by atoms with Crippen molar-refractivity contribution in [2.75, 3.05) is 7.11 Å². The van der Waals surface area contributed by atoms with Crippen LogP contribution in [0.1, 0.15) is 13.3 Å². The largest absolute Gasteiger partial charge is 0.399 e. The second-order valence-electron chi connectivity index (χ2n) is 1.40. The summed E-state index contributed by atoms with van der Waals surface area (Å²) in [5.41, 5.74) is 0. The number of oxime groups is 1. The lowest BCUT2D eigenvalue weighted by Gasteiger charge is -1.85. The molecule has 0 saturated carbocycles. The predicted molar refractivity (Wildman–Crippen MR) is 39.7 cm³/mol. The number of hydrogen-bond acceptors (Lipinski definition) is 2. The minimum atomic E-state index is 0.774. The predicted octanol–water partition coefficient (Wildman–Crippen LogP) is 2.15. The SMILES string of the molecule is CC/C(Cl)=C\C=N/OC. The minimum absolute atomic E-state index is 0.774. The number of rotatable bonds is 3. The van der Waals surface area contributed by atoms with Crippen LogP contribution in [0.3, 0.4) is 0 Å². The molecule has 2 nitrogen and oxygen atoms in total. The molecular weight excluding hydrogens is 138 g/mol. The van der Waals surface area contributed by atoms with E-state index in [0.29, 0.717) is 0 Å². The highest BCUT2D eigenvalue weighted by Crippen LogP contribution is 2.03. The van der Waals surface area contributed by atoms with Crippen molar-refractivity contribution in [3.63, 3.8) is 0 Å². The molecule has 0 aromatic rings. The molecule has 52 valence electrons. The van der Waals surface area contributed by atoms with Crippen LogP contribution in [0.5, 0.6) is 0 Å². The van der Waals surface area contributed by atoms with Crippen molar-refractivity contribution in [2.45, 2.75) is 13.3 Å². The molecule has 0 heterocycles.